The van der Waals surface area contributed by atoms with Crippen molar-refractivity contribution in [3.05, 3.63) is 48.3 Å². The van der Waals surface area contributed by atoms with Crippen LogP contribution in [0, 0.1) is 0 Å². The molecule has 0 bridgehead atoms. The van der Waals surface area contributed by atoms with Gasteiger partial charge in [0, 0.05) is 0 Å². The van der Waals surface area contributed by atoms with E-state index < -0.39 is 6.36 Å². The minimum Gasteiger partial charge on any atom is -0.456 e. The van der Waals surface area contributed by atoms with Gasteiger partial charge in [-0.1, -0.05) is 12.2 Å². The molecule has 0 saturated carbocycles. The van der Waals surface area contributed by atoms with Crippen LogP contribution in [0.3, 0.4) is 0 Å². The maximum absolute atomic E-state index is 12.0. The third kappa shape index (κ3) is 4.60. The fourth-order valence-corrected chi connectivity index (χ4v) is 1.55. The second kappa shape index (κ2) is 5.96. The predicted octanol–water partition coefficient (Wildman–Crippen LogP) is 3.41. The SMILES string of the molecule is NC(=S)c1ccc(Oc2ccc(OC(F)(F)F)cc2)cn1. The zero-order valence-corrected chi connectivity index (χ0v) is 11.2. The van der Waals surface area contributed by atoms with E-state index in [1.165, 1.54) is 18.3 Å². The van der Waals surface area contributed by atoms with E-state index in [2.05, 4.69) is 9.72 Å². The summed E-state index contributed by atoms with van der Waals surface area (Å²) in [5.74, 6) is 0.422. The van der Waals surface area contributed by atoms with Crippen molar-refractivity contribution in [2.45, 2.75) is 6.36 Å². The highest BCUT2D eigenvalue weighted by Crippen LogP contribution is 2.27. The topological polar surface area (TPSA) is 57.4 Å². The van der Waals surface area contributed by atoms with Crippen molar-refractivity contribution in [2.75, 3.05) is 0 Å². The second-order valence-corrected chi connectivity index (χ2v) is 4.30. The normalized spacial score (nSPS) is 11.0. The Labute approximate surface area is 123 Å². The summed E-state index contributed by atoms with van der Waals surface area (Å²) in [4.78, 5) is 4.14. The van der Waals surface area contributed by atoms with Gasteiger partial charge in [0.2, 0.25) is 0 Å². The van der Waals surface area contributed by atoms with Gasteiger partial charge in [0.1, 0.15) is 22.2 Å². The number of alkyl halides is 3. The highest BCUT2D eigenvalue weighted by Gasteiger charge is 2.30. The van der Waals surface area contributed by atoms with Crippen molar-refractivity contribution in [1.82, 2.24) is 4.98 Å². The number of halogens is 3. The monoisotopic (exact) mass is 314 g/mol. The molecule has 0 radical (unpaired) electrons. The van der Waals surface area contributed by atoms with Crippen molar-refractivity contribution in [2.24, 2.45) is 5.73 Å². The Kier molecular flexibility index (Phi) is 4.27. The third-order valence-corrected chi connectivity index (χ3v) is 2.49. The van der Waals surface area contributed by atoms with Gasteiger partial charge in [0.25, 0.3) is 0 Å². The maximum Gasteiger partial charge on any atom is 0.573 e. The summed E-state index contributed by atoms with van der Waals surface area (Å²) in [5.41, 5.74) is 5.86. The second-order valence-electron chi connectivity index (χ2n) is 3.86. The number of hydrogen-bond donors (Lipinski definition) is 1. The van der Waals surface area contributed by atoms with E-state index in [4.69, 9.17) is 22.7 Å². The number of rotatable bonds is 4. The number of aromatic nitrogens is 1. The molecule has 0 saturated heterocycles. The van der Waals surface area contributed by atoms with Crippen molar-refractivity contribution >= 4 is 17.2 Å². The van der Waals surface area contributed by atoms with E-state index >= 15 is 0 Å². The third-order valence-electron chi connectivity index (χ3n) is 2.28. The molecule has 0 spiro atoms. The molecule has 0 unspecified atom stereocenters. The molecular formula is C13H9F3N2O2S. The molecule has 0 fully saturated rings. The highest BCUT2D eigenvalue weighted by atomic mass is 32.1. The largest absolute Gasteiger partial charge is 0.573 e. The van der Waals surface area contributed by atoms with Crippen molar-refractivity contribution in [3.63, 3.8) is 0 Å². The number of nitrogens with zero attached hydrogens (tertiary/aromatic N) is 1. The van der Waals surface area contributed by atoms with Gasteiger partial charge in [-0.15, -0.1) is 13.2 Å². The number of pyridine rings is 1. The Hall–Kier alpha value is -2.35. The molecule has 2 N–H and O–H groups in total. The Morgan fingerprint density at radius 1 is 1.00 bits per heavy atom. The van der Waals surface area contributed by atoms with Crippen LogP contribution >= 0.6 is 12.2 Å². The molecule has 8 heteroatoms. The molecule has 110 valence electrons. The zero-order valence-electron chi connectivity index (χ0n) is 10.4. The minimum absolute atomic E-state index is 0.162. The molecule has 1 aromatic carbocycles. The smallest absolute Gasteiger partial charge is 0.456 e. The van der Waals surface area contributed by atoms with E-state index in [1.54, 1.807) is 12.1 Å². The quantitative estimate of drug-likeness (QED) is 0.877. The highest BCUT2D eigenvalue weighted by molar-refractivity contribution is 7.80. The van der Waals surface area contributed by atoms with Gasteiger partial charge in [-0.25, -0.2) is 4.98 Å². The van der Waals surface area contributed by atoms with Crippen LogP contribution in [-0.4, -0.2) is 16.3 Å². The van der Waals surface area contributed by atoms with Gasteiger partial charge in [-0.3, -0.25) is 0 Å². The molecule has 4 nitrogen and oxygen atoms in total. The van der Waals surface area contributed by atoms with Gasteiger partial charge in [-0.05, 0) is 36.4 Å². The first-order chi connectivity index (χ1) is 9.83. The first kappa shape index (κ1) is 15.0. The van der Waals surface area contributed by atoms with Crippen LogP contribution in [0.2, 0.25) is 0 Å². The molecular weight excluding hydrogens is 305 g/mol. The van der Waals surface area contributed by atoms with Crippen LogP contribution in [0.1, 0.15) is 5.69 Å². The van der Waals surface area contributed by atoms with Gasteiger partial charge in [0.05, 0.1) is 11.9 Å². The number of benzene rings is 1. The fraction of sp³-hybridized carbons (Fsp3) is 0.0769. The first-order valence-electron chi connectivity index (χ1n) is 5.63. The van der Waals surface area contributed by atoms with Crippen molar-refractivity contribution < 1.29 is 22.6 Å². The van der Waals surface area contributed by atoms with Gasteiger partial charge in [-0.2, -0.15) is 0 Å². The zero-order chi connectivity index (χ0) is 15.5. The van der Waals surface area contributed by atoms with Crippen LogP contribution in [0.15, 0.2) is 42.6 Å². The molecule has 2 rings (SSSR count). The van der Waals surface area contributed by atoms with Crippen LogP contribution in [0.4, 0.5) is 13.2 Å². The summed E-state index contributed by atoms with van der Waals surface area (Å²) in [5, 5.41) is 0. The summed E-state index contributed by atoms with van der Waals surface area (Å²) in [6.45, 7) is 0. The van der Waals surface area contributed by atoms with Gasteiger partial charge < -0.3 is 15.2 Å². The van der Waals surface area contributed by atoms with Crippen molar-refractivity contribution in [1.29, 1.82) is 0 Å². The van der Waals surface area contributed by atoms with Crippen LogP contribution < -0.4 is 15.2 Å². The van der Waals surface area contributed by atoms with E-state index in [9.17, 15) is 13.2 Å². The lowest BCUT2D eigenvalue weighted by Gasteiger charge is -2.10. The average Bonchev–Trinajstić information content (AvgIpc) is 2.40. The predicted molar refractivity (Wildman–Crippen MR) is 73.3 cm³/mol. The molecule has 0 aliphatic carbocycles. The van der Waals surface area contributed by atoms with Crippen molar-refractivity contribution in [3.8, 4) is 17.2 Å². The minimum atomic E-state index is -4.72. The van der Waals surface area contributed by atoms with E-state index in [-0.39, 0.29) is 10.7 Å². The fourth-order valence-electron chi connectivity index (χ4n) is 1.43. The van der Waals surface area contributed by atoms with E-state index in [0.717, 1.165) is 12.1 Å². The Balaban J connectivity index is 2.04. The summed E-state index contributed by atoms with van der Waals surface area (Å²) in [7, 11) is 0. The molecule has 2 aromatic rings. The number of nitrogens with two attached hydrogens (primary N) is 1. The van der Waals surface area contributed by atoms with Gasteiger partial charge >= 0.3 is 6.36 Å². The molecule has 0 aliphatic rings. The maximum atomic E-state index is 12.0. The number of thiocarbonyl (C=S) groups is 1. The average molecular weight is 314 g/mol. The standard InChI is InChI=1S/C13H9F3N2O2S/c14-13(15,16)20-9-3-1-8(2-4-9)19-10-5-6-11(12(17)21)18-7-10/h1-7H,(H2,17,21). The molecule has 0 aliphatic heterocycles. The molecule has 1 aromatic heterocycles. The molecule has 21 heavy (non-hydrogen) atoms. The van der Waals surface area contributed by atoms with Gasteiger partial charge in [0.15, 0.2) is 0 Å². The number of ether oxygens (including phenoxy) is 2. The first-order valence-corrected chi connectivity index (χ1v) is 6.04. The molecule has 0 atom stereocenters. The number of hydrogen-bond acceptors (Lipinski definition) is 4. The lowest BCUT2D eigenvalue weighted by atomic mass is 10.3. The summed E-state index contributed by atoms with van der Waals surface area (Å²) < 4.78 is 45.2. The summed E-state index contributed by atoms with van der Waals surface area (Å²) in [6, 6.07) is 8.19. The lowest BCUT2D eigenvalue weighted by molar-refractivity contribution is -0.274. The van der Waals surface area contributed by atoms with Crippen LogP contribution in [0.25, 0.3) is 0 Å². The summed E-state index contributed by atoms with van der Waals surface area (Å²) in [6.07, 6.45) is -3.31. The van der Waals surface area contributed by atoms with E-state index in [1.807, 2.05) is 0 Å². The summed E-state index contributed by atoms with van der Waals surface area (Å²) >= 11 is 4.76. The van der Waals surface area contributed by atoms with E-state index in [0.29, 0.717) is 17.2 Å². The molecule has 1 heterocycles. The molecule has 0 amide bonds. The van der Waals surface area contributed by atoms with Crippen LogP contribution in [-0.2, 0) is 0 Å². The Morgan fingerprint density at radius 2 is 1.57 bits per heavy atom. The Morgan fingerprint density at radius 3 is 2.05 bits per heavy atom. The Bertz CT molecular complexity index is 627. The lowest BCUT2D eigenvalue weighted by Crippen LogP contribution is -2.16. The van der Waals surface area contributed by atoms with Crippen LogP contribution in [0.5, 0.6) is 17.2 Å².